The molecule has 1 aliphatic heterocycles. The molecule has 0 radical (unpaired) electrons. The van der Waals surface area contributed by atoms with Crippen LogP contribution in [-0.2, 0) is 4.79 Å². The van der Waals surface area contributed by atoms with Gasteiger partial charge in [0.15, 0.2) is 0 Å². The number of ether oxygens (including phenoxy) is 1. The van der Waals surface area contributed by atoms with E-state index in [9.17, 15) is 17.6 Å². The van der Waals surface area contributed by atoms with E-state index in [2.05, 4.69) is 10.3 Å². The first-order valence-electron chi connectivity index (χ1n) is 5.08. The number of carboxylic acid groups (broad SMARTS) is 1. The van der Waals surface area contributed by atoms with E-state index in [1.165, 1.54) is 12.1 Å². The average Bonchev–Trinajstić information content (AvgIpc) is 2.25. The minimum atomic E-state index is -5.08. The van der Waals surface area contributed by atoms with E-state index in [0.29, 0.717) is 5.88 Å². The first-order chi connectivity index (χ1) is 8.79. The Morgan fingerprint density at radius 2 is 2.00 bits per heavy atom. The van der Waals surface area contributed by atoms with Crippen molar-refractivity contribution in [3.05, 3.63) is 24.1 Å². The summed E-state index contributed by atoms with van der Waals surface area (Å²) in [6.45, 7) is 1.69. The molecule has 5 nitrogen and oxygen atoms in total. The average molecular weight is 282 g/mol. The number of nitrogens with zero attached hydrogens (tertiary/aromatic N) is 1. The molecule has 1 aliphatic rings. The molecule has 0 aliphatic carbocycles. The quantitative estimate of drug-likeness (QED) is 0.798. The fourth-order valence-corrected chi connectivity index (χ4v) is 0.948. The summed E-state index contributed by atoms with van der Waals surface area (Å²) in [5, 5.41) is 10.2. The number of carbonyl (C=O) groups is 1. The van der Waals surface area contributed by atoms with Crippen LogP contribution < -0.4 is 10.1 Å². The van der Waals surface area contributed by atoms with Crippen LogP contribution >= 0.6 is 0 Å². The van der Waals surface area contributed by atoms with Gasteiger partial charge in [-0.25, -0.2) is 14.2 Å². The first-order valence-corrected chi connectivity index (χ1v) is 5.08. The summed E-state index contributed by atoms with van der Waals surface area (Å²) in [7, 11) is 0. The van der Waals surface area contributed by atoms with Gasteiger partial charge in [0.25, 0.3) is 0 Å². The monoisotopic (exact) mass is 282 g/mol. The van der Waals surface area contributed by atoms with Crippen LogP contribution in [0.15, 0.2) is 18.3 Å². The van der Waals surface area contributed by atoms with E-state index in [1.807, 2.05) is 0 Å². The van der Waals surface area contributed by atoms with Crippen LogP contribution in [0.2, 0.25) is 0 Å². The molecule has 0 unspecified atom stereocenters. The Labute approximate surface area is 105 Å². The molecule has 0 bridgehead atoms. The topological polar surface area (TPSA) is 71.5 Å². The van der Waals surface area contributed by atoms with Crippen LogP contribution in [-0.4, -0.2) is 41.4 Å². The molecular formula is C10H10F4N2O3. The summed E-state index contributed by atoms with van der Waals surface area (Å²) in [6, 6.07) is 2.88. The molecule has 0 spiro atoms. The summed E-state index contributed by atoms with van der Waals surface area (Å²) in [5.41, 5.74) is 0. The molecule has 19 heavy (non-hydrogen) atoms. The van der Waals surface area contributed by atoms with Crippen LogP contribution in [0.3, 0.4) is 0 Å². The minimum Gasteiger partial charge on any atom is -0.475 e. The highest BCUT2D eigenvalue weighted by Crippen LogP contribution is 2.13. The zero-order chi connectivity index (χ0) is 14.5. The highest BCUT2D eigenvalue weighted by molar-refractivity contribution is 5.73. The Hall–Kier alpha value is -1.90. The molecular weight excluding hydrogens is 272 g/mol. The Kier molecular flexibility index (Phi) is 5.04. The molecule has 2 N–H and O–H groups in total. The number of rotatable bonds is 2. The third-order valence-corrected chi connectivity index (χ3v) is 1.97. The van der Waals surface area contributed by atoms with E-state index >= 15 is 0 Å². The first kappa shape index (κ1) is 15.2. The molecule has 0 amide bonds. The second-order valence-electron chi connectivity index (χ2n) is 3.52. The van der Waals surface area contributed by atoms with Crippen LogP contribution in [0.5, 0.6) is 5.88 Å². The van der Waals surface area contributed by atoms with Crippen molar-refractivity contribution in [2.24, 2.45) is 0 Å². The molecule has 0 atom stereocenters. The maximum atomic E-state index is 12.4. The van der Waals surface area contributed by atoms with Gasteiger partial charge in [-0.05, 0) is 6.07 Å². The number of halogens is 4. The van der Waals surface area contributed by atoms with Crippen molar-refractivity contribution in [3.8, 4) is 5.88 Å². The molecule has 0 saturated carbocycles. The molecule has 9 heteroatoms. The SMILES string of the molecule is Fc1ccc(OC2CNC2)nc1.O=C(O)C(F)(F)F. The molecule has 1 aromatic heterocycles. The summed E-state index contributed by atoms with van der Waals surface area (Å²) in [5.74, 6) is -2.61. The van der Waals surface area contributed by atoms with Crippen LogP contribution in [0, 0.1) is 5.82 Å². The largest absolute Gasteiger partial charge is 0.490 e. The normalized spacial score (nSPS) is 14.9. The second kappa shape index (κ2) is 6.32. The van der Waals surface area contributed by atoms with E-state index in [4.69, 9.17) is 14.6 Å². The highest BCUT2D eigenvalue weighted by atomic mass is 19.4. The Balaban J connectivity index is 0.000000224. The van der Waals surface area contributed by atoms with Gasteiger partial charge in [-0.2, -0.15) is 13.2 Å². The van der Waals surface area contributed by atoms with Crippen molar-refractivity contribution in [1.29, 1.82) is 0 Å². The van der Waals surface area contributed by atoms with Gasteiger partial charge in [-0.3, -0.25) is 0 Å². The van der Waals surface area contributed by atoms with Gasteiger partial charge in [-0.1, -0.05) is 0 Å². The molecule has 0 aromatic carbocycles. The predicted molar refractivity (Wildman–Crippen MR) is 55.2 cm³/mol. The van der Waals surface area contributed by atoms with Crippen molar-refractivity contribution >= 4 is 5.97 Å². The smallest absolute Gasteiger partial charge is 0.475 e. The van der Waals surface area contributed by atoms with Gasteiger partial charge >= 0.3 is 12.1 Å². The van der Waals surface area contributed by atoms with E-state index in [0.717, 1.165) is 19.3 Å². The number of hydrogen-bond acceptors (Lipinski definition) is 4. The number of aliphatic carboxylic acids is 1. The second-order valence-corrected chi connectivity index (χ2v) is 3.52. The molecule has 106 valence electrons. The Bertz CT molecular complexity index is 418. The number of hydrogen-bond donors (Lipinski definition) is 2. The highest BCUT2D eigenvalue weighted by Gasteiger charge is 2.38. The van der Waals surface area contributed by atoms with Crippen molar-refractivity contribution in [2.45, 2.75) is 12.3 Å². The van der Waals surface area contributed by atoms with Crippen molar-refractivity contribution in [3.63, 3.8) is 0 Å². The van der Waals surface area contributed by atoms with Gasteiger partial charge in [-0.15, -0.1) is 0 Å². The number of aromatic nitrogens is 1. The van der Waals surface area contributed by atoms with Gasteiger partial charge in [0.05, 0.1) is 6.20 Å². The lowest BCUT2D eigenvalue weighted by molar-refractivity contribution is -0.192. The zero-order valence-corrected chi connectivity index (χ0v) is 9.45. The lowest BCUT2D eigenvalue weighted by Crippen LogP contribution is -2.50. The van der Waals surface area contributed by atoms with Gasteiger partial charge in [0.2, 0.25) is 5.88 Å². The Morgan fingerprint density at radius 1 is 1.42 bits per heavy atom. The molecule has 1 aromatic rings. The van der Waals surface area contributed by atoms with Gasteiger partial charge in [0.1, 0.15) is 11.9 Å². The lowest BCUT2D eigenvalue weighted by atomic mass is 10.2. The van der Waals surface area contributed by atoms with Crippen molar-refractivity contribution in [1.82, 2.24) is 10.3 Å². The molecule has 1 fully saturated rings. The molecule has 2 heterocycles. The molecule has 1 saturated heterocycles. The summed E-state index contributed by atoms with van der Waals surface area (Å²) >= 11 is 0. The van der Waals surface area contributed by atoms with E-state index < -0.39 is 12.1 Å². The predicted octanol–water partition coefficient (Wildman–Crippen LogP) is 1.20. The third kappa shape index (κ3) is 5.51. The lowest BCUT2D eigenvalue weighted by Gasteiger charge is -2.26. The fourth-order valence-electron chi connectivity index (χ4n) is 0.948. The van der Waals surface area contributed by atoms with Crippen molar-refractivity contribution < 1.29 is 32.2 Å². The zero-order valence-electron chi connectivity index (χ0n) is 9.45. The number of nitrogens with one attached hydrogen (secondary N) is 1. The summed E-state index contributed by atoms with van der Waals surface area (Å²) in [6.07, 6.45) is -3.73. The third-order valence-electron chi connectivity index (χ3n) is 1.97. The summed E-state index contributed by atoms with van der Waals surface area (Å²) in [4.78, 5) is 12.7. The maximum Gasteiger partial charge on any atom is 0.490 e. The van der Waals surface area contributed by atoms with E-state index in [-0.39, 0.29) is 11.9 Å². The molecule has 2 rings (SSSR count). The maximum absolute atomic E-state index is 12.4. The van der Waals surface area contributed by atoms with Crippen LogP contribution in [0.4, 0.5) is 17.6 Å². The number of carboxylic acids is 1. The standard InChI is InChI=1S/C8H9FN2O.C2HF3O2/c9-6-1-2-8(11-3-6)12-7-4-10-5-7;3-2(4,5)1(6)7/h1-3,7,10H,4-5H2;(H,6,7). The number of pyridine rings is 1. The van der Waals surface area contributed by atoms with Gasteiger partial charge < -0.3 is 15.2 Å². The van der Waals surface area contributed by atoms with Crippen molar-refractivity contribution in [2.75, 3.05) is 13.1 Å². The minimum absolute atomic E-state index is 0.197. The van der Waals surface area contributed by atoms with Crippen LogP contribution in [0.1, 0.15) is 0 Å². The van der Waals surface area contributed by atoms with E-state index in [1.54, 1.807) is 0 Å². The number of alkyl halides is 3. The van der Waals surface area contributed by atoms with Gasteiger partial charge in [0, 0.05) is 19.2 Å². The van der Waals surface area contributed by atoms with Crippen LogP contribution in [0.25, 0.3) is 0 Å². The Morgan fingerprint density at radius 3 is 2.32 bits per heavy atom. The fraction of sp³-hybridized carbons (Fsp3) is 0.400. The summed E-state index contributed by atoms with van der Waals surface area (Å²) < 4.78 is 49.5.